The second-order valence-electron chi connectivity index (χ2n) is 5.68. The van der Waals surface area contributed by atoms with Gasteiger partial charge in [0.25, 0.3) is 0 Å². The Kier molecular flexibility index (Phi) is 4.34. The van der Waals surface area contributed by atoms with E-state index in [2.05, 4.69) is 66.4 Å². The molecule has 0 spiro atoms. The lowest BCUT2D eigenvalue weighted by Gasteiger charge is -2.43. The molecule has 0 aliphatic carbocycles. The molecule has 0 unspecified atom stereocenters. The summed E-state index contributed by atoms with van der Waals surface area (Å²) in [5.41, 5.74) is 2.52. The van der Waals surface area contributed by atoms with Gasteiger partial charge in [-0.2, -0.15) is 5.06 Å². The topological polar surface area (TPSA) is 15.7 Å². The average Bonchev–Trinajstić information content (AvgIpc) is 2.52. The highest BCUT2D eigenvalue weighted by atomic mass is 16.7. The number of benzene rings is 2. The molecule has 110 valence electrons. The predicted octanol–water partition coefficient (Wildman–Crippen LogP) is 3.45. The minimum atomic E-state index is -0.0207. The lowest BCUT2D eigenvalue weighted by atomic mass is 10.1. The monoisotopic (exact) mass is 282 g/mol. The molecule has 1 aliphatic heterocycles. The fourth-order valence-corrected chi connectivity index (χ4v) is 2.73. The van der Waals surface area contributed by atoms with Crippen LogP contribution in [0.1, 0.15) is 24.3 Å². The summed E-state index contributed by atoms with van der Waals surface area (Å²) in [6.07, 6.45) is -0.0207. The van der Waals surface area contributed by atoms with Crippen LogP contribution in [0.4, 0.5) is 0 Å². The first kappa shape index (κ1) is 14.3. The van der Waals surface area contributed by atoms with E-state index in [-0.39, 0.29) is 6.23 Å². The number of hydroxylamine groups is 2. The zero-order valence-corrected chi connectivity index (χ0v) is 12.6. The summed E-state index contributed by atoms with van der Waals surface area (Å²) in [5, 5.41) is 1.97. The van der Waals surface area contributed by atoms with Gasteiger partial charge < -0.3 is 0 Å². The van der Waals surface area contributed by atoms with Gasteiger partial charge in [-0.3, -0.25) is 9.74 Å². The Bertz CT molecular complexity index is 558. The molecule has 2 atom stereocenters. The summed E-state index contributed by atoms with van der Waals surface area (Å²) in [4.78, 5) is 8.53. The van der Waals surface area contributed by atoms with Gasteiger partial charge in [-0.1, -0.05) is 60.7 Å². The molecule has 0 bridgehead atoms. The smallest absolute Gasteiger partial charge is 0.158 e. The lowest BCUT2D eigenvalue weighted by Crippen LogP contribution is -2.49. The maximum Gasteiger partial charge on any atom is 0.158 e. The van der Waals surface area contributed by atoms with Crippen LogP contribution in [0.25, 0.3) is 0 Å². The van der Waals surface area contributed by atoms with Crippen molar-refractivity contribution >= 4 is 0 Å². The highest BCUT2D eigenvalue weighted by Gasteiger charge is 2.31. The fourth-order valence-electron chi connectivity index (χ4n) is 2.73. The Morgan fingerprint density at radius 3 is 2.29 bits per heavy atom. The highest BCUT2D eigenvalue weighted by molar-refractivity contribution is 5.19. The number of rotatable bonds is 3. The molecule has 1 heterocycles. The summed E-state index contributed by atoms with van der Waals surface area (Å²) in [5.74, 6) is 0. The first-order chi connectivity index (χ1) is 10.2. The van der Waals surface area contributed by atoms with E-state index in [0.29, 0.717) is 6.04 Å². The Morgan fingerprint density at radius 1 is 1.00 bits per heavy atom. The minimum absolute atomic E-state index is 0.0207. The number of hydrogen-bond donors (Lipinski definition) is 0. The molecule has 0 amide bonds. The maximum atomic E-state index is 6.13. The Morgan fingerprint density at radius 2 is 1.62 bits per heavy atom. The summed E-state index contributed by atoms with van der Waals surface area (Å²) in [7, 11) is 2.01. The van der Waals surface area contributed by atoms with Gasteiger partial charge in [-0.15, -0.1) is 0 Å². The predicted molar refractivity (Wildman–Crippen MR) is 84.3 cm³/mol. The first-order valence-corrected chi connectivity index (χ1v) is 7.46. The third kappa shape index (κ3) is 3.32. The van der Waals surface area contributed by atoms with Crippen LogP contribution in [0.3, 0.4) is 0 Å². The summed E-state index contributed by atoms with van der Waals surface area (Å²) in [6, 6.07) is 21.4. The van der Waals surface area contributed by atoms with Gasteiger partial charge in [0.05, 0.1) is 0 Å². The molecule has 1 saturated heterocycles. The van der Waals surface area contributed by atoms with Crippen molar-refractivity contribution in [3.05, 3.63) is 71.8 Å². The molecule has 0 radical (unpaired) electrons. The quantitative estimate of drug-likeness (QED) is 0.857. The number of nitrogens with zero attached hydrogens (tertiary/aromatic N) is 2. The molecule has 3 rings (SSSR count). The van der Waals surface area contributed by atoms with E-state index >= 15 is 0 Å². The molecule has 21 heavy (non-hydrogen) atoms. The van der Waals surface area contributed by atoms with Crippen LogP contribution in [0.5, 0.6) is 0 Å². The van der Waals surface area contributed by atoms with E-state index in [1.165, 1.54) is 11.1 Å². The van der Waals surface area contributed by atoms with Gasteiger partial charge in [0.15, 0.2) is 6.23 Å². The van der Waals surface area contributed by atoms with Crippen molar-refractivity contribution in [2.45, 2.75) is 25.7 Å². The van der Waals surface area contributed by atoms with Crippen molar-refractivity contribution in [1.82, 2.24) is 9.96 Å². The van der Waals surface area contributed by atoms with Crippen molar-refractivity contribution in [1.29, 1.82) is 0 Å². The van der Waals surface area contributed by atoms with E-state index < -0.39 is 0 Å². The van der Waals surface area contributed by atoms with E-state index in [1.54, 1.807) is 0 Å². The van der Waals surface area contributed by atoms with Gasteiger partial charge >= 0.3 is 0 Å². The fraction of sp³-hybridized carbons (Fsp3) is 0.333. The molecule has 3 nitrogen and oxygen atoms in total. The SMILES string of the molecule is C[C@@H]1CN(Cc2ccccc2)[C@@H](c2ccccc2)ON1C. The molecular formula is C18H22N2O. The second kappa shape index (κ2) is 6.39. The van der Waals surface area contributed by atoms with Crippen LogP contribution in [-0.4, -0.2) is 29.6 Å². The largest absolute Gasteiger partial charge is 0.275 e. The Labute approximate surface area is 126 Å². The molecule has 0 saturated carbocycles. The van der Waals surface area contributed by atoms with E-state index in [0.717, 1.165) is 13.1 Å². The normalized spacial score (nSPS) is 24.1. The molecular weight excluding hydrogens is 260 g/mol. The molecule has 3 heteroatoms. The van der Waals surface area contributed by atoms with Crippen LogP contribution in [0.2, 0.25) is 0 Å². The molecule has 2 aromatic rings. The number of likely N-dealkylation sites (N-methyl/N-ethyl adjacent to an activating group) is 1. The molecule has 0 N–H and O–H groups in total. The average molecular weight is 282 g/mol. The third-order valence-electron chi connectivity index (χ3n) is 4.03. The lowest BCUT2D eigenvalue weighted by molar-refractivity contribution is -0.287. The van der Waals surface area contributed by atoms with Gasteiger partial charge in [-0.05, 0) is 18.1 Å². The molecule has 1 aliphatic rings. The van der Waals surface area contributed by atoms with Crippen molar-refractivity contribution < 1.29 is 4.84 Å². The highest BCUT2D eigenvalue weighted by Crippen LogP contribution is 2.29. The van der Waals surface area contributed by atoms with E-state index in [4.69, 9.17) is 4.84 Å². The maximum absolute atomic E-state index is 6.13. The van der Waals surface area contributed by atoms with Crippen LogP contribution in [-0.2, 0) is 11.4 Å². The number of hydrogen-bond acceptors (Lipinski definition) is 3. The van der Waals surface area contributed by atoms with Crippen molar-refractivity contribution in [2.75, 3.05) is 13.6 Å². The van der Waals surface area contributed by atoms with Crippen LogP contribution < -0.4 is 0 Å². The van der Waals surface area contributed by atoms with E-state index in [1.807, 2.05) is 18.2 Å². The van der Waals surface area contributed by atoms with Gasteiger partial charge in [-0.25, -0.2) is 0 Å². The molecule has 2 aromatic carbocycles. The molecule has 1 fully saturated rings. The Hall–Kier alpha value is -1.68. The van der Waals surface area contributed by atoms with Crippen molar-refractivity contribution in [3.8, 4) is 0 Å². The van der Waals surface area contributed by atoms with Crippen molar-refractivity contribution in [2.24, 2.45) is 0 Å². The summed E-state index contributed by atoms with van der Waals surface area (Å²) >= 11 is 0. The zero-order valence-electron chi connectivity index (χ0n) is 12.6. The van der Waals surface area contributed by atoms with Gasteiger partial charge in [0, 0.05) is 26.2 Å². The third-order valence-corrected chi connectivity index (χ3v) is 4.03. The van der Waals surface area contributed by atoms with Crippen LogP contribution in [0.15, 0.2) is 60.7 Å². The van der Waals surface area contributed by atoms with Gasteiger partial charge in [0.1, 0.15) is 0 Å². The van der Waals surface area contributed by atoms with Crippen molar-refractivity contribution in [3.63, 3.8) is 0 Å². The zero-order chi connectivity index (χ0) is 14.7. The summed E-state index contributed by atoms with van der Waals surface area (Å²) in [6.45, 7) is 4.09. The van der Waals surface area contributed by atoms with Crippen LogP contribution >= 0.6 is 0 Å². The second-order valence-corrected chi connectivity index (χ2v) is 5.68. The first-order valence-electron chi connectivity index (χ1n) is 7.46. The summed E-state index contributed by atoms with van der Waals surface area (Å²) < 4.78 is 0. The van der Waals surface area contributed by atoms with Crippen LogP contribution in [0, 0.1) is 0 Å². The standard InChI is InChI=1S/C18H22N2O/c1-15-13-20(14-16-9-5-3-6-10-16)18(21-19(15)2)17-11-7-4-8-12-17/h3-12,15,18H,13-14H2,1-2H3/t15-,18-/m1/s1. The van der Waals surface area contributed by atoms with E-state index in [9.17, 15) is 0 Å². The minimum Gasteiger partial charge on any atom is -0.275 e. The molecule has 0 aromatic heterocycles. The van der Waals surface area contributed by atoms with Gasteiger partial charge in [0.2, 0.25) is 0 Å². The Balaban J connectivity index is 1.83.